The molecule has 2 heterocycles. The van der Waals surface area contributed by atoms with Crippen LogP contribution >= 0.6 is 34.8 Å². The van der Waals surface area contributed by atoms with Crippen molar-refractivity contribution in [3.05, 3.63) is 0 Å². The molecule has 9 atom stereocenters. The summed E-state index contributed by atoms with van der Waals surface area (Å²) in [6.45, 7) is -0.456. The van der Waals surface area contributed by atoms with E-state index in [2.05, 4.69) is 0 Å². The zero-order chi connectivity index (χ0) is 24.1. The summed E-state index contributed by atoms with van der Waals surface area (Å²) in [5, 5.41) is 58.0. The molecule has 0 spiro atoms. The summed E-state index contributed by atoms with van der Waals surface area (Å²) in [6, 6.07) is 0. The largest absolute Gasteiger partial charge is 0.544 e. The summed E-state index contributed by atoms with van der Waals surface area (Å²) in [5.74, 6) is -3.43. The smallest absolute Gasteiger partial charge is 0.214 e. The molecule has 0 aliphatic carbocycles. The average Bonchev–Trinajstić information content (AvgIpc) is 2.92. The van der Waals surface area contributed by atoms with E-state index in [4.69, 9.17) is 49.0 Å². The predicted octanol–water partition coefficient (Wildman–Crippen LogP) is -3.21. The van der Waals surface area contributed by atoms with Crippen molar-refractivity contribution >= 4 is 40.8 Å². The summed E-state index contributed by atoms with van der Waals surface area (Å²) in [6.07, 6.45) is -9.39. The van der Waals surface area contributed by atoms with Crippen molar-refractivity contribution < 1.29 is 54.1 Å². The van der Waals surface area contributed by atoms with Crippen LogP contribution in [-0.4, -0.2) is 136 Å². The van der Waals surface area contributed by atoms with Gasteiger partial charge in [-0.05, 0) is 0 Å². The Morgan fingerprint density at radius 1 is 1.10 bits per heavy atom. The number of alkyl halides is 3. The molecule has 31 heavy (non-hydrogen) atoms. The standard InChI is InChI=1S/C12H19Cl3O8.C5H11NO2/c13-1-4-7(17)10(20)12(3-14,22-4)23-11-9(19)8(18)6(15)5(2-16)21-11;1-6(2,3)4-5(7)8/h4-11,16-20H,1-3H2;4H2,1-3H3/t4-,5-,6+,7-,8+,9-,10+,11-,12+;/m1./s1. The van der Waals surface area contributed by atoms with Crippen molar-refractivity contribution in [1.29, 1.82) is 0 Å². The second-order valence-electron chi connectivity index (χ2n) is 8.28. The molecule has 2 aliphatic heterocycles. The van der Waals surface area contributed by atoms with E-state index in [1.807, 2.05) is 0 Å². The van der Waals surface area contributed by atoms with Crippen molar-refractivity contribution in [3.63, 3.8) is 0 Å². The van der Waals surface area contributed by atoms with Gasteiger partial charge in [0.15, 0.2) is 6.29 Å². The molecule has 0 bridgehead atoms. The highest BCUT2D eigenvalue weighted by atomic mass is 35.5. The summed E-state index contributed by atoms with van der Waals surface area (Å²) in [4.78, 5) is 9.89. The van der Waals surface area contributed by atoms with Gasteiger partial charge in [-0.3, -0.25) is 0 Å². The molecule has 0 radical (unpaired) electrons. The van der Waals surface area contributed by atoms with E-state index in [1.54, 1.807) is 21.1 Å². The molecular weight excluding hydrogens is 485 g/mol. The summed E-state index contributed by atoms with van der Waals surface area (Å²) >= 11 is 17.3. The summed E-state index contributed by atoms with van der Waals surface area (Å²) in [5.41, 5.74) is 0. The maximum atomic E-state index is 10.1. The normalized spacial score (nSPS) is 40.9. The first-order valence-electron chi connectivity index (χ1n) is 9.33. The van der Waals surface area contributed by atoms with Crippen LogP contribution in [0.15, 0.2) is 0 Å². The van der Waals surface area contributed by atoms with E-state index in [1.165, 1.54) is 0 Å². The quantitative estimate of drug-likeness (QED) is 0.172. The van der Waals surface area contributed by atoms with E-state index in [9.17, 15) is 35.4 Å². The lowest BCUT2D eigenvalue weighted by atomic mass is 10.0. The van der Waals surface area contributed by atoms with Gasteiger partial charge in [0.2, 0.25) is 5.79 Å². The van der Waals surface area contributed by atoms with E-state index >= 15 is 0 Å². The minimum Gasteiger partial charge on any atom is -0.544 e. The van der Waals surface area contributed by atoms with Crippen molar-refractivity contribution in [2.75, 3.05) is 46.1 Å². The fourth-order valence-corrected chi connectivity index (χ4v) is 3.76. The van der Waals surface area contributed by atoms with Crippen LogP contribution in [-0.2, 0) is 19.0 Å². The zero-order valence-electron chi connectivity index (χ0n) is 17.3. The Hall–Kier alpha value is -0.0200. The molecule has 0 aromatic heterocycles. The SMILES string of the molecule is C[N+](C)(C)CC(=O)[O-].OC[C@H]1O[C@H](O[C@]2(CCl)O[C@H](CCl)[C@@H](O)[C@@H]2O)[C@H](O)[C@@H](O)[C@H]1Cl. The number of quaternary nitrogens is 1. The highest BCUT2D eigenvalue weighted by molar-refractivity contribution is 6.21. The third-order valence-corrected chi connectivity index (χ3v) is 5.78. The molecule has 2 saturated heterocycles. The first-order chi connectivity index (χ1) is 14.2. The Morgan fingerprint density at radius 3 is 2.03 bits per heavy atom. The topological polar surface area (TPSA) is 169 Å². The van der Waals surface area contributed by atoms with Gasteiger partial charge in [-0.1, -0.05) is 0 Å². The van der Waals surface area contributed by atoms with E-state index in [0.29, 0.717) is 4.48 Å². The Morgan fingerprint density at radius 2 is 1.68 bits per heavy atom. The number of halogens is 3. The third kappa shape index (κ3) is 7.49. The number of aliphatic hydroxyl groups excluding tert-OH is 5. The number of carboxylic acids is 1. The minimum absolute atomic E-state index is 0.0694. The van der Waals surface area contributed by atoms with E-state index < -0.39 is 72.5 Å². The molecule has 14 heteroatoms. The van der Waals surface area contributed by atoms with Gasteiger partial charge >= 0.3 is 0 Å². The van der Waals surface area contributed by atoms with E-state index in [-0.39, 0.29) is 12.4 Å². The minimum atomic E-state index is -1.90. The second kappa shape index (κ2) is 11.9. The van der Waals surface area contributed by atoms with Crippen molar-refractivity contribution in [3.8, 4) is 0 Å². The number of hydrogen-bond donors (Lipinski definition) is 5. The lowest BCUT2D eigenvalue weighted by molar-refractivity contribution is -0.864. The predicted molar refractivity (Wildman–Crippen MR) is 107 cm³/mol. The maximum absolute atomic E-state index is 10.1. The Labute approximate surface area is 195 Å². The van der Waals surface area contributed by atoms with Gasteiger partial charge in [0.1, 0.15) is 43.2 Å². The first kappa shape index (κ1) is 29.0. The Bertz CT molecular complexity index is 581. The number of carbonyl (C=O) groups is 1. The average molecular weight is 515 g/mol. The van der Waals surface area contributed by atoms with Crippen LogP contribution in [0.4, 0.5) is 0 Å². The van der Waals surface area contributed by atoms with Crippen molar-refractivity contribution in [2.24, 2.45) is 0 Å². The van der Waals surface area contributed by atoms with Crippen molar-refractivity contribution in [1.82, 2.24) is 0 Å². The van der Waals surface area contributed by atoms with Crippen LogP contribution in [0.25, 0.3) is 0 Å². The van der Waals surface area contributed by atoms with Gasteiger partial charge in [-0.2, -0.15) is 0 Å². The molecule has 2 fully saturated rings. The third-order valence-electron chi connectivity index (χ3n) is 4.56. The number of aliphatic carboxylic acids is 1. The summed E-state index contributed by atoms with van der Waals surface area (Å²) < 4.78 is 16.6. The van der Waals surface area contributed by atoms with Crippen LogP contribution in [0, 0.1) is 0 Å². The fraction of sp³-hybridized carbons (Fsp3) is 0.941. The van der Waals surface area contributed by atoms with Gasteiger partial charge in [-0.15, -0.1) is 34.8 Å². The Balaban J connectivity index is 0.000000512. The number of aliphatic hydroxyl groups is 5. The zero-order valence-corrected chi connectivity index (χ0v) is 19.6. The number of nitrogens with zero attached hydrogens (tertiary/aromatic N) is 1. The summed E-state index contributed by atoms with van der Waals surface area (Å²) in [7, 11) is 5.40. The van der Waals surface area contributed by atoms with Gasteiger partial charge in [0.25, 0.3) is 0 Å². The molecule has 5 N–H and O–H groups in total. The first-order valence-corrected chi connectivity index (χ1v) is 10.8. The number of ether oxygens (including phenoxy) is 3. The molecule has 2 rings (SSSR count). The van der Waals surface area contributed by atoms with Crippen LogP contribution in [0.2, 0.25) is 0 Å². The molecule has 0 amide bonds. The number of likely N-dealkylation sites (N-methyl/N-ethyl adjacent to an activating group) is 1. The fourth-order valence-electron chi connectivity index (χ4n) is 2.94. The number of carbonyl (C=O) groups excluding carboxylic acids is 1. The molecule has 0 aromatic carbocycles. The monoisotopic (exact) mass is 513 g/mol. The van der Waals surface area contributed by atoms with Crippen LogP contribution in [0.3, 0.4) is 0 Å². The molecule has 2 aliphatic rings. The molecular formula is C17H30Cl3NO10. The van der Waals surface area contributed by atoms with Crippen molar-refractivity contribution in [2.45, 2.75) is 54.1 Å². The second-order valence-corrected chi connectivity index (χ2v) is 9.36. The van der Waals surface area contributed by atoms with E-state index in [0.717, 1.165) is 0 Å². The molecule has 184 valence electrons. The number of rotatable bonds is 7. The maximum Gasteiger partial charge on any atom is 0.214 e. The Kier molecular flexibility index (Phi) is 11.1. The van der Waals surface area contributed by atoms with Gasteiger partial charge < -0.3 is 54.1 Å². The highest BCUT2D eigenvalue weighted by Crippen LogP contribution is 2.37. The van der Waals surface area contributed by atoms with Gasteiger partial charge in [-0.25, -0.2) is 0 Å². The lowest BCUT2D eigenvalue weighted by Gasteiger charge is -2.43. The highest BCUT2D eigenvalue weighted by Gasteiger charge is 2.58. The molecule has 11 nitrogen and oxygen atoms in total. The van der Waals surface area contributed by atoms with Gasteiger partial charge in [0, 0.05) is 0 Å². The molecule has 0 aromatic rings. The van der Waals surface area contributed by atoms with Crippen LogP contribution in [0.1, 0.15) is 0 Å². The van der Waals surface area contributed by atoms with Crippen LogP contribution < -0.4 is 5.11 Å². The molecule has 0 unspecified atom stereocenters. The number of hydrogen-bond acceptors (Lipinski definition) is 10. The number of carboxylic acid groups (broad SMARTS) is 1. The van der Waals surface area contributed by atoms with Gasteiger partial charge in [0.05, 0.1) is 50.9 Å². The van der Waals surface area contributed by atoms with Crippen LogP contribution in [0.5, 0.6) is 0 Å². The lowest BCUT2D eigenvalue weighted by Crippen LogP contribution is -2.61. The molecule has 0 saturated carbocycles.